The molecule has 1 heterocycles. The van der Waals surface area contributed by atoms with Crippen molar-refractivity contribution in [1.82, 2.24) is 5.32 Å². The van der Waals surface area contributed by atoms with Gasteiger partial charge in [0.1, 0.15) is 6.04 Å². The Bertz CT molecular complexity index is 699. The zero-order valence-electron chi connectivity index (χ0n) is 13.3. The summed E-state index contributed by atoms with van der Waals surface area (Å²) < 4.78 is 0. The number of benzene rings is 1. The number of thiophene rings is 1. The average molecular weight is 334 g/mol. The van der Waals surface area contributed by atoms with Crippen molar-refractivity contribution in [3.05, 3.63) is 61.8 Å². The van der Waals surface area contributed by atoms with E-state index in [-0.39, 0.29) is 17.6 Å². The number of quaternary nitrogens is 1. The lowest BCUT2D eigenvalue weighted by Crippen LogP contribution is -3.06. The Labute approximate surface area is 138 Å². The zero-order chi connectivity index (χ0) is 17.0. The maximum Gasteiger partial charge on any atom is 0.272 e. The molecule has 1 amide bonds. The van der Waals surface area contributed by atoms with E-state index in [0.717, 1.165) is 0 Å². The van der Waals surface area contributed by atoms with Gasteiger partial charge in [-0.05, 0) is 30.5 Å². The highest BCUT2D eigenvalue weighted by Gasteiger charge is 2.20. The minimum atomic E-state index is -0.445. The third-order valence-corrected chi connectivity index (χ3v) is 4.69. The standard InChI is InChI=1S/C16H19N3O3S/c1-11-9-12(6-7-13(11)19(21)22)16(20)17-10-14(18(2)3)15-5-4-8-23-15/h4-9,14H,10H2,1-3H3,(H,17,20)/p+1/t14-/m1/s1. The number of nitro groups is 1. The molecule has 7 heteroatoms. The van der Waals surface area contributed by atoms with E-state index in [4.69, 9.17) is 0 Å². The van der Waals surface area contributed by atoms with E-state index in [2.05, 4.69) is 11.4 Å². The van der Waals surface area contributed by atoms with Crippen LogP contribution in [0.5, 0.6) is 0 Å². The molecule has 0 bridgehead atoms. The van der Waals surface area contributed by atoms with Crippen LogP contribution in [0.1, 0.15) is 26.8 Å². The fourth-order valence-corrected chi connectivity index (χ4v) is 3.33. The van der Waals surface area contributed by atoms with Crippen molar-refractivity contribution in [3.63, 3.8) is 0 Å². The molecule has 2 N–H and O–H groups in total. The molecule has 6 nitrogen and oxygen atoms in total. The van der Waals surface area contributed by atoms with Gasteiger partial charge in [0.2, 0.25) is 0 Å². The summed E-state index contributed by atoms with van der Waals surface area (Å²) in [6.07, 6.45) is 0. The predicted molar refractivity (Wildman–Crippen MR) is 90.0 cm³/mol. The summed E-state index contributed by atoms with van der Waals surface area (Å²) >= 11 is 1.67. The minimum absolute atomic E-state index is 0.0238. The van der Waals surface area contributed by atoms with Crippen molar-refractivity contribution in [3.8, 4) is 0 Å². The summed E-state index contributed by atoms with van der Waals surface area (Å²) in [5.41, 5.74) is 0.943. The zero-order valence-corrected chi connectivity index (χ0v) is 14.1. The molecule has 1 atom stereocenters. The first-order valence-corrected chi connectivity index (χ1v) is 8.14. The molecule has 0 unspecified atom stereocenters. The molecule has 0 saturated carbocycles. The first-order valence-electron chi connectivity index (χ1n) is 7.27. The van der Waals surface area contributed by atoms with Crippen molar-refractivity contribution in [2.75, 3.05) is 20.6 Å². The Balaban J connectivity index is 2.07. The van der Waals surface area contributed by atoms with Gasteiger partial charge in [-0.3, -0.25) is 14.9 Å². The number of aryl methyl sites for hydroxylation is 1. The number of hydrogen-bond acceptors (Lipinski definition) is 4. The normalized spacial score (nSPS) is 12.2. The predicted octanol–water partition coefficient (Wildman–Crippen LogP) is 1.58. The maximum absolute atomic E-state index is 12.3. The van der Waals surface area contributed by atoms with Gasteiger partial charge < -0.3 is 10.2 Å². The van der Waals surface area contributed by atoms with Crippen molar-refractivity contribution < 1.29 is 14.6 Å². The van der Waals surface area contributed by atoms with Gasteiger partial charge in [-0.1, -0.05) is 6.07 Å². The number of nitro benzene ring substituents is 1. The molecule has 23 heavy (non-hydrogen) atoms. The van der Waals surface area contributed by atoms with Gasteiger partial charge in [0.25, 0.3) is 11.6 Å². The molecular formula is C16H20N3O3S+. The number of nitrogens with one attached hydrogen (secondary N) is 2. The smallest absolute Gasteiger partial charge is 0.272 e. The number of amides is 1. The number of rotatable bonds is 6. The van der Waals surface area contributed by atoms with Crippen LogP contribution in [0.2, 0.25) is 0 Å². The van der Waals surface area contributed by atoms with Gasteiger partial charge in [0.05, 0.1) is 30.4 Å². The third kappa shape index (κ3) is 4.14. The van der Waals surface area contributed by atoms with E-state index >= 15 is 0 Å². The van der Waals surface area contributed by atoms with Gasteiger partial charge >= 0.3 is 0 Å². The molecule has 1 aromatic heterocycles. The van der Waals surface area contributed by atoms with Gasteiger partial charge in [0, 0.05) is 17.2 Å². The highest BCUT2D eigenvalue weighted by molar-refractivity contribution is 7.10. The summed E-state index contributed by atoms with van der Waals surface area (Å²) in [4.78, 5) is 25.1. The van der Waals surface area contributed by atoms with Crippen LogP contribution in [-0.4, -0.2) is 31.5 Å². The molecule has 122 valence electrons. The number of hydrogen-bond donors (Lipinski definition) is 2. The maximum atomic E-state index is 12.3. The molecular weight excluding hydrogens is 314 g/mol. The Morgan fingerprint density at radius 1 is 1.39 bits per heavy atom. The highest BCUT2D eigenvalue weighted by Crippen LogP contribution is 2.19. The summed E-state index contributed by atoms with van der Waals surface area (Å²) in [5.74, 6) is -0.217. The highest BCUT2D eigenvalue weighted by atomic mass is 32.1. The van der Waals surface area contributed by atoms with Crippen LogP contribution in [0.25, 0.3) is 0 Å². The lowest BCUT2D eigenvalue weighted by atomic mass is 10.1. The Morgan fingerprint density at radius 2 is 2.13 bits per heavy atom. The minimum Gasteiger partial charge on any atom is -0.346 e. The van der Waals surface area contributed by atoms with E-state index < -0.39 is 4.92 Å². The number of nitrogens with zero attached hydrogens (tertiary/aromatic N) is 1. The van der Waals surface area contributed by atoms with Crippen LogP contribution in [0, 0.1) is 17.0 Å². The summed E-state index contributed by atoms with van der Waals surface area (Å²) in [5, 5.41) is 15.8. The van der Waals surface area contributed by atoms with Crippen LogP contribution in [0.4, 0.5) is 5.69 Å². The molecule has 0 saturated heterocycles. The van der Waals surface area contributed by atoms with Crippen molar-refractivity contribution in [2.45, 2.75) is 13.0 Å². The molecule has 0 aliphatic carbocycles. The quantitative estimate of drug-likeness (QED) is 0.622. The van der Waals surface area contributed by atoms with Crippen LogP contribution in [0.3, 0.4) is 0 Å². The molecule has 1 aromatic carbocycles. The van der Waals surface area contributed by atoms with Gasteiger partial charge in [-0.2, -0.15) is 0 Å². The lowest BCUT2D eigenvalue weighted by molar-refractivity contribution is -0.890. The second-order valence-corrected chi connectivity index (χ2v) is 6.59. The van der Waals surface area contributed by atoms with Gasteiger partial charge in [-0.25, -0.2) is 0 Å². The molecule has 0 aliphatic rings. The number of carbonyl (C=O) groups excluding carboxylic acids is 1. The molecule has 2 rings (SSSR count). The van der Waals surface area contributed by atoms with E-state index in [1.165, 1.54) is 21.9 Å². The third-order valence-electron chi connectivity index (χ3n) is 3.71. The summed E-state index contributed by atoms with van der Waals surface area (Å²) in [7, 11) is 4.10. The Kier molecular flexibility index (Phi) is 5.46. The van der Waals surface area contributed by atoms with E-state index in [1.807, 2.05) is 25.5 Å². The largest absolute Gasteiger partial charge is 0.346 e. The van der Waals surface area contributed by atoms with Crippen molar-refractivity contribution in [2.24, 2.45) is 0 Å². The van der Waals surface area contributed by atoms with E-state index in [1.54, 1.807) is 24.3 Å². The molecule has 0 fully saturated rings. The van der Waals surface area contributed by atoms with Crippen molar-refractivity contribution >= 4 is 22.9 Å². The molecule has 0 spiro atoms. The second-order valence-electron chi connectivity index (χ2n) is 5.61. The first kappa shape index (κ1) is 17.1. The number of likely N-dealkylation sites (N-methyl/N-ethyl adjacent to an activating group) is 1. The Morgan fingerprint density at radius 3 is 2.65 bits per heavy atom. The van der Waals surface area contributed by atoms with Crippen LogP contribution < -0.4 is 10.2 Å². The summed E-state index contributed by atoms with van der Waals surface area (Å²) in [6, 6.07) is 8.65. The van der Waals surface area contributed by atoms with Crippen LogP contribution in [0.15, 0.2) is 35.7 Å². The average Bonchev–Trinajstić information content (AvgIpc) is 3.00. The SMILES string of the molecule is Cc1cc(C(=O)NC[C@H](c2cccs2)[NH+](C)C)ccc1[N+](=O)[O-]. The molecule has 0 radical (unpaired) electrons. The van der Waals surface area contributed by atoms with E-state index in [9.17, 15) is 14.9 Å². The molecule has 0 aliphatic heterocycles. The first-order chi connectivity index (χ1) is 10.9. The Hall–Kier alpha value is -2.25. The van der Waals surface area contributed by atoms with Gasteiger partial charge in [-0.15, -0.1) is 11.3 Å². The van der Waals surface area contributed by atoms with E-state index in [0.29, 0.717) is 17.7 Å². The van der Waals surface area contributed by atoms with Crippen LogP contribution >= 0.6 is 11.3 Å². The fourth-order valence-electron chi connectivity index (χ4n) is 2.38. The lowest BCUT2D eigenvalue weighted by Gasteiger charge is -2.20. The van der Waals surface area contributed by atoms with Crippen LogP contribution in [-0.2, 0) is 0 Å². The topological polar surface area (TPSA) is 76.7 Å². The monoisotopic (exact) mass is 334 g/mol. The number of carbonyl (C=O) groups is 1. The summed E-state index contributed by atoms with van der Waals surface area (Å²) in [6.45, 7) is 2.14. The second kappa shape index (κ2) is 7.34. The fraction of sp³-hybridized carbons (Fsp3) is 0.312. The molecule has 2 aromatic rings. The van der Waals surface area contributed by atoms with Crippen molar-refractivity contribution in [1.29, 1.82) is 0 Å². The van der Waals surface area contributed by atoms with Gasteiger partial charge in [0.15, 0.2) is 0 Å².